The molecular formula is C18H21FN6O3. The number of carbonyl (C=O) groups excluding carboxylic acids is 2. The normalized spacial score (nSPS) is 26.0. The molecule has 2 aliphatic rings. The summed E-state index contributed by atoms with van der Waals surface area (Å²) in [5.41, 5.74) is -0.780. The molecule has 4 rings (SSSR count). The van der Waals surface area contributed by atoms with Crippen LogP contribution in [0.15, 0.2) is 28.8 Å². The lowest BCUT2D eigenvalue weighted by Gasteiger charge is -2.30. The summed E-state index contributed by atoms with van der Waals surface area (Å²) in [5, 5.41) is 9.95. The van der Waals surface area contributed by atoms with Gasteiger partial charge in [0.05, 0.1) is 6.04 Å². The van der Waals surface area contributed by atoms with Crippen LogP contribution in [0.4, 0.5) is 9.18 Å². The molecule has 0 spiro atoms. The first-order valence-corrected chi connectivity index (χ1v) is 9.02. The van der Waals surface area contributed by atoms with Gasteiger partial charge >= 0.3 is 6.03 Å². The van der Waals surface area contributed by atoms with Crippen molar-refractivity contribution in [3.8, 4) is 0 Å². The molecule has 2 unspecified atom stereocenters. The molecule has 3 amide bonds. The van der Waals surface area contributed by atoms with Gasteiger partial charge < -0.3 is 15.2 Å². The summed E-state index contributed by atoms with van der Waals surface area (Å²) < 4.78 is 18.5. The average molecular weight is 388 g/mol. The molecule has 10 heteroatoms. The Morgan fingerprint density at radius 1 is 1.32 bits per heavy atom. The van der Waals surface area contributed by atoms with Gasteiger partial charge in [0.1, 0.15) is 17.9 Å². The van der Waals surface area contributed by atoms with Gasteiger partial charge in [0.25, 0.3) is 5.91 Å². The Morgan fingerprint density at radius 3 is 2.79 bits per heavy atom. The third kappa shape index (κ3) is 3.14. The zero-order valence-electron chi connectivity index (χ0n) is 15.6. The van der Waals surface area contributed by atoms with Crippen LogP contribution in [0.1, 0.15) is 30.2 Å². The minimum Gasteiger partial charge on any atom is -0.337 e. The number of nitrogens with one attached hydrogen (secondary N) is 2. The number of benzene rings is 1. The van der Waals surface area contributed by atoms with Gasteiger partial charge in [-0.25, -0.2) is 9.18 Å². The number of carbonyl (C=O) groups is 2. The van der Waals surface area contributed by atoms with E-state index in [4.69, 9.17) is 4.52 Å². The predicted molar refractivity (Wildman–Crippen MR) is 95.4 cm³/mol. The lowest BCUT2D eigenvalue weighted by molar-refractivity contribution is -0.131. The Kier molecular flexibility index (Phi) is 4.60. The molecule has 148 valence electrons. The lowest BCUT2D eigenvalue weighted by atomic mass is 9.92. The SMILES string of the molecule is CN1CCNCC1c1noc(CN2C(=O)NC(C)(c3ccc(F)cc3)C2=O)n1. The maximum atomic E-state index is 13.2. The molecule has 0 saturated carbocycles. The maximum Gasteiger partial charge on any atom is 0.325 e. The summed E-state index contributed by atoms with van der Waals surface area (Å²) in [6, 6.07) is 4.87. The Bertz CT molecular complexity index is 901. The highest BCUT2D eigenvalue weighted by Crippen LogP contribution is 2.30. The fourth-order valence-electron chi connectivity index (χ4n) is 3.52. The Hall–Kier alpha value is -2.85. The van der Waals surface area contributed by atoms with E-state index in [2.05, 4.69) is 25.7 Å². The summed E-state index contributed by atoms with van der Waals surface area (Å²) >= 11 is 0. The van der Waals surface area contributed by atoms with E-state index in [0.717, 1.165) is 18.0 Å². The molecule has 2 N–H and O–H groups in total. The molecule has 0 aliphatic carbocycles. The standard InChI is InChI=1S/C18H21FN6O3/c1-18(11-3-5-12(19)6-4-11)16(26)25(17(27)22-18)10-14-21-15(23-28-14)13-9-20-7-8-24(13)2/h3-6,13,20H,7-10H2,1-2H3,(H,22,27). The number of hydrogen-bond acceptors (Lipinski definition) is 7. The molecule has 3 heterocycles. The van der Waals surface area contributed by atoms with Crippen LogP contribution in [0, 0.1) is 5.82 Å². The van der Waals surface area contributed by atoms with Crippen molar-refractivity contribution >= 4 is 11.9 Å². The van der Waals surface area contributed by atoms with Crippen LogP contribution in [0.25, 0.3) is 0 Å². The highest BCUT2D eigenvalue weighted by atomic mass is 19.1. The summed E-state index contributed by atoms with van der Waals surface area (Å²) in [5.74, 6) is -0.180. The fraction of sp³-hybridized carbons (Fsp3) is 0.444. The molecule has 2 fully saturated rings. The van der Waals surface area contributed by atoms with Gasteiger partial charge in [-0.05, 0) is 31.7 Å². The lowest BCUT2D eigenvalue weighted by Crippen LogP contribution is -2.44. The average Bonchev–Trinajstić information content (AvgIpc) is 3.22. The summed E-state index contributed by atoms with van der Waals surface area (Å²) in [6.45, 7) is 3.90. The third-order valence-electron chi connectivity index (χ3n) is 5.28. The monoisotopic (exact) mass is 388 g/mol. The van der Waals surface area contributed by atoms with Crippen molar-refractivity contribution in [3.05, 3.63) is 47.4 Å². The van der Waals surface area contributed by atoms with Crippen LogP contribution in [0.2, 0.25) is 0 Å². The van der Waals surface area contributed by atoms with Crippen LogP contribution in [0.3, 0.4) is 0 Å². The molecular weight excluding hydrogens is 367 g/mol. The quantitative estimate of drug-likeness (QED) is 0.745. The molecule has 9 nitrogen and oxygen atoms in total. The number of piperazine rings is 1. The molecule has 2 aliphatic heterocycles. The second-order valence-electron chi connectivity index (χ2n) is 7.20. The first-order valence-electron chi connectivity index (χ1n) is 9.02. The highest BCUT2D eigenvalue weighted by molar-refractivity contribution is 6.07. The van der Waals surface area contributed by atoms with Crippen LogP contribution < -0.4 is 10.6 Å². The number of rotatable bonds is 4. The minimum absolute atomic E-state index is 0.0289. The van der Waals surface area contributed by atoms with Gasteiger partial charge in [-0.3, -0.25) is 14.6 Å². The van der Waals surface area contributed by atoms with E-state index < -0.39 is 23.3 Å². The maximum absolute atomic E-state index is 13.2. The molecule has 0 bridgehead atoms. The number of nitrogens with zero attached hydrogens (tertiary/aromatic N) is 4. The first-order chi connectivity index (χ1) is 13.4. The van der Waals surface area contributed by atoms with Crippen molar-refractivity contribution in [2.75, 3.05) is 26.7 Å². The Morgan fingerprint density at radius 2 is 2.07 bits per heavy atom. The summed E-state index contributed by atoms with van der Waals surface area (Å²) in [7, 11) is 1.98. The number of likely N-dealkylation sites (N-methyl/N-ethyl adjacent to an activating group) is 1. The van der Waals surface area contributed by atoms with Gasteiger partial charge in [0.15, 0.2) is 5.82 Å². The second-order valence-corrected chi connectivity index (χ2v) is 7.20. The zero-order chi connectivity index (χ0) is 19.9. The van der Waals surface area contributed by atoms with Crippen LogP contribution >= 0.6 is 0 Å². The van der Waals surface area contributed by atoms with Gasteiger partial charge in [0.2, 0.25) is 5.89 Å². The van der Waals surface area contributed by atoms with Gasteiger partial charge in [-0.15, -0.1) is 0 Å². The number of halogens is 1. The van der Waals surface area contributed by atoms with Crippen molar-refractivity contribution in [1.82, 2.24) is 30.6 Å². The summed E-state index contributed by atoms with van der Waals surface area (Å²) in [6.07, 6.45) is 0. The van der Waals surface area contributed by atoms with Crippen molar-refractivity contribution in [3.63, 3.8) is 0 Å². The molecule has 2 saturated heterocycles. The van der Waals surface area contributed by atoms with E-state index >= 15 is 0 Å². The van der Waals surface area contributed by atoms with E-state index in [1.54, 1.807) is 6.92 Å². The third-order valence-corrected chi connectivity index (χ3v) is 5.28. The smallest absolute Gasteiger partial charge is 0.325 e. The number of imide groups is 1. The molecule has 28 heavy (non-hydrogen) atoms. The van der Waals surface area contributed by atoms with Crippen molar-refractivity contribution in [2.24, 2.45) is 0 Å². The molecule has 2 aromatic rings. The first kappa shape index (κ1) is 18.5. The summed E-state index contributed by atoms with van der Waals surface area (Å²) in [4.78, 5) is 32.9. The number of urea groups is 1. The number of amides is 3. The fourth-order valence-corrected chi connectivity index (χ4v) is 3.52. The Labute approximate surface area is 160 Å². The van der Waals surface area contributed by atoms with Crippen LogP contribution in [-0.2, 0) is 16.9 Å². The van der Waals surface area contributed by atoms with Gasteiger partial charge in [-0.2, -0.15) is 4.98 Å². The molecule has 1 aromatic carbocycles. The molecule has 0 radical (unpaired) electrons. The van der Waals surface area contributed by atoms with Crippen molar-refractivity contribution < 1.29 is 18.5 Å². The topological polar surface area (TPSA) is 104 Å². The van der Waals surface area contributed by atoms with E-state index in [9.17, 15) is 14.0 Å². The van der Waals surface area contributed by atoms with Gasteiger partial charge in [0, 0.05) is 19.6 Å². The largest absolute Gasteiger partial charge is 0.337 e. The number of aromatic nitrogens is 2. The van der Waals surface area contributed by atoms with E-state index in [1.807, 2.05) is 7.05 Å². The van der Waals surface area contributed by atoms with Crippen molar-refractivity contribution in [2.45, 2.75) is 25.0 Å². The van der Waals surface area contributed by atoms with Crippen LogP contribution in [-0.4, -0.2) is 58.6 Å². The second kappa shape index (κ2) is 6.95. The molecule has 2 atom stereocenters. The number of hydrogen-bond donors (Lipinski definition) is 2. The minimum atomic E-state index is -1.28. The zero-order valence-corrected chi connectivity index (χ0v) is 15.6. The van der Waals surface area contributed by atoms with Crippen LogP contribution in [0.5, 0.6) is 0 Å². The van der Waals surface area contributed by atoms with Crippen molar-refractivity contribution in [1.29, 1.82) is 0 Å². The molecule has 1 aromatic heterocycles. The Balaban J connectivity index is 1.52. The van der Waals surface area contributed by atoms with E-state index in [-0.39, 0.29) is 18.5 Å². The predicted octanol–water partition coefficient (Wildman–Crippen LogP) is 0.752. The highest BCUT2D eigenvalue weighted by Gasteiger charge is 2.49. The van der Waals surface area contributed by atoms with Gasteiger partial charge in [-0.1, -0.05) is 17.3 Å². The van der Waals surface area contributed by atoms with E-state index in [1.165, 1.54) is 24.3 Å². The van der Waals surface area contributed by atoms with E-state index in [0.29, 0.717) is 17.9 Å².